The van der Waals surface area contributed by atoms with Gasteiger partial charge in [0.05, 0.1) is 12.0 Å². The van der Waals surface area contributed by atoms with Gasteiger partial charge in [0.25, 0.3) is 0 Å². The molecule has 0 saturated carbocycles. The fraction of sp³-hybridized carbons (Fsp3) is 0.583. The van der Waals surface area contributed by atoms with E-state index in [4.69, 9.17) is 5.11 Å². The molecule has 2 amide bonds. The molecule has 2 N–H and O–H groups in total. The second-order valence-electron chi connectivity index (χ2n) is 5.31. The number of carbonyl (C=O) groups is 2. The first-order valence-corrected chi connectivity index (χ1v) is 6.16. The van der Waals surface area contributed by atoms with E-state index in [2.05, 4.69) is 10.3 Å². The fourth-order valence-corrected chi connectivity index (χ4v) is 1.83. The van der Waals surface area contributed by atoms with Gasteiger partial charge in [0.15, 0.2) is 0 Å². The third-order valence-corrected chi connectivity index (χ3v) is 3.29. The van der Waals surface area contributed by atoms with Crippen LogP contribution >= 0.6 is 0 Å². The molecule has 2 rings (SSSR count). The monoisotopic (exact) mass is 266 g/mol. The standard InChI is InChI=1S/C12H18N4O3/c1-12(2,10(17)18)8-14-11(19)16-6-5-15-4-3-13-9(15)7-16/h3-4H,5-8H2,1-2H3,(H,14,19)(H,17,18). The van der Waals surface area contributed by atoms with Gasteiger partial charge in [-0.15, -0.1) is 0 Å². The largest absolute Gasteiger partial charge is 0.481 e. The molecule has 0 atom stereocenters. The number of carboxylic acid groups (broad SMARTS) is 1. The van der Waals surface area contributed by atoms with Gasteiger partial charge in [0.1, 0.15) is 5.82 Å². The third kappa shape index (κ3) is 2.86. The van der Waals surface area contributed by atoms with Gasteiger partial charge in [-0.2, -0.15) is 0 Å². The molecule has 1 aromatic rings. The maximum atomic E-state index is 12.0. The summed E-state index contributed by atoms with van der Waals surface area (Å²) >= 11 is 0. The summed E-state index contributed by atoms with van der Waals surface area (Å²) in [6.07, 6.45) is 3.60. The molecule has 0 fully saturated rings. The van der Waals surface area contributed by atoms with Crippen LogP contribution in [0.3, 0.4) is 0 Å². The number of imidazole rings is 1. The summed E-state index contributed by atoms with van der Waals surface area (Å²) in [7, 11) is 0. The van der Waals surface area contributed by atoms with Crippen LogP contribution < -0.4 is 5.32 Å². The number of urea groups is 1. The Morgan fingerprint density at radius 3 is 2.89 bits per heavy atom. The first-order valence-electron chi connectivity index (χ1n) is 6.16. The van der Waals surface area contributed by atoms with Crippen molar-refractivity contribution < 1.29 is 14.7 Å². The van der Waals surface area contributed by atoms with Crippen molar-refractivity contribution in [2.24, 2.45) is 5.41 Å². The van der Waals surface area contributed by atoms with Crippen molar-refractivity contribution in [3.05, 3.63) is 18.2 Å². The highest BCUT2D eigenvalue weighted by molar-refractivity contribution is 5.77. The summed E-state index contributed by atoms with van der Waals surface area (Å²) in [5.41, 5.74) is -0.968. The Morgan fingerprint density at radius 2 is 2.21 bits per heavy atom. The Bertz CT molecular complexity index is 495. The summed E-state index contributed by atoms with van der Waals surface area (Å²) in [6.45, 7) is 5.03. The van der Waals surface area contributed by atoms with E-state index >= 15 is 0 Å². The molecule has 19 heavy (non-hydrogen) atoms. The molecular formula is C12H18N4O3. The number of hydrogen-bond donors (Lipinski definition) is 2. The minimum Gasteiger partial charge on any atom is -0.481 e. The number of carboxylic acids is 1. The number of rotatable bonds is 3. The number of aromatic nitrogens is 2. The van der Waals surface area contributed by atoms with Gasteiger partial charge in [-0.05, 0) is 13.8 Å². The Morgan fingerprint density at radius 1 is 1.47 bits per heavy atom. The van der Waals surface area contributed by atoms with Crippen LogP contribution in [0.15, 0.2) is 12.4 Å². The lowest BCUT2D eigenvalue weighted by Crippen LogP contribution is -2.47. The second-order valence-corrected chi connectivity index (χ2v) is 5.31. The molecule has 0 radical (unpaired) electrons. The first-order chi connectivity index (χ1) is 8.90. The number of nitrogens with zero attached hydrogens (tertiary/aromatic N) is 3. The predicted octanol–water partition coefficient (Wildman–Crippen LogP) is 0.519. The highest BCUT2D eigenvalue weighted by Crippen LogP contribution is 2.14. The van der Waals surface area contributed by atoms with Crippen molar-refractivity contribution in [2.45, 2.75) is 26.9 Å². The van der Waals surface area contributed by atoms with E-state index in [9.17, 15) is 9.59 Å². The lowest BCUT2D eigenvalue weighted by molar-refractivity contribution is -0.146. The zero-order chi connectivity index (χ0) is 14.0. The van der Waals surface area contributed by atoms with Crippen LogP contribution in [-0.4, -0.2) is 44.6 Å². The van der Waals surface area contributed by atoms with Crippen LogP contribution in [0.2, 0.25) is 0 Å². The zero-order valence-electron chi connectivity index (χ0n) is 11.1. The van der Waals surface area contributed by atoms with E-state index < -0.39 is 11.4 Å². The number of hydrogen-bond acceptors (Lipinski definition) is 3. The smallest absolute Gasteiger partial charge is 0.317 e. The zero-order valence-corrected chi connectivity index (χ0v) is 11.1. The van der Waals surface area contributed by atoms with Gasteiger partial charge in [0, 0.05) is 32.0 Å². The molecule has 7 heteroatoms. The number of nitrogens with one attached hydrogen (secondary N) is 1. The summed E-state index contributed by atoms with van der Waals surface area (Å²) < 4.78 is 2.00. The van der Waals surface area contributed by atoms with E-state index in [-0.39, 0.29) is 12.6 Å². The fourth-order valence-electron chi connectivity index (χ4n) is 1.83. The van der Waals surface area contributed by atoms with Crippen molar-refractivity contribution in [1.82, 2.24) is 19.8 Å². The van der Waals surface area contributed by atoms with E-state index in [1.807, 2.05) is 10.8 Å². The molecule has 104 valence electrons. The molecular weight excluding hydrogens is 248 g/mol. The van der Waals surface area contributed by atoms with Crippen molar-refractivity contribution in [1.29, 1.82) is 0 Å². The maximum absolute atomic E-state index is 12.0. The SMILES string of the molecule is CC(C)(CNC(=O)N1CCn2ccnc2C1)C(=O)O. The van der Waals surface area contributed by atoms with Gasteiger partial charge in [-0.1, -0.05) is 0 Å². The van der Waals surface area contributed by atoms with Crippen LogP contribution in [0.1, 0.15) is 19.7 Å². The van der Waals surface area contributed by atoms with Crippen molar-refractivity contribution >= 4 is 12.0 Å². The van der Waals surface area contributed by atoms with Crippen molar-refractivity contribution in [2.75, 3.05) is 13.1 Å². The minimum atomic E-state index is -0.968. The van der Waals surface area contributed by atoms with Gasteiger partial charge in [-0.3, -0.25) is 4.79 Å². The van der Waals surface area contributed by atoms with E-state index in [1.165, 1.54) is 0 Å². The van der Waals surface area contributed by atoms with E-state index in [0.717, 1.165) is 5.82 Å². The lowest BCUT2D eigenvalue weighted by atomic mass is 9.94. The molecule has 0 unspecified atom stereocenters. The molecule has 0 saturated heterocycles. The van der Waals surface area contributed by atoms with Gasteiger partial charge in [0.2, 0.25) is 0 Å². The van der Waals surface area contributed by atoms with Crippen molar-refractivity contribution in [3.63, 3.8) is 0 Å². The average Bonchev–Trinajstić information content (AvgIpc) is 2.82. The van der Waals surface area contributed by atoms with Crippen LogP contribution in [0, 0.1) is 5.41 Å². The topological polar surface area (TPSA) is 87.5 Å². The highest BCUT2D eigenvalue weighted by atomic mass is 16.4. The Labute approximate surface area is 111 Å². The molecule has 2 heterocycles. The highest BCUT2D eigenvalue weighted by Gasteiger charge is 2.29. The number of aliphatic carboxylic acids is 1. The van der Waals surface area contributed by atoms with Crippen LogP contribution in [-0.2, 0) is 17.9 Å². The molecule has 0 aromatic carbocycles. The molecule has 0 aliphatic carbocycles. The maximum Gasteiger partial charge on any atom is 0.317 e. The molecule has 0 spiro atoms. The lowest BCUT2D eigenvalue weighted by Gasteiger charge is -2.29. The number of fused-ring (bicyclic) bond motifs is 1. The molecule has 7 nitrogen and oxygen atoms in total. The summed E-state index contributed by atoms with van der Waals surface area (Å²) in [6, 6.07) is -0.247. The van der Waals surface area contributed by atoms with E-state index in [1.54, 1.807) is 24.9 Å². The van der Waals surface area contributed by atoms with Gasteiger partial charge < -0.3 is 19.9 Å². The summed E-state index contributed by atoms with van der Waals surface area (Å²) in [5.74, 6) is -0.0825. The van der Waals surface area contributed by atoms with Gasteiger partial charge in [-0.25, -0.2) is 9.78 Å². The van der Waals surface area contributed by atoms with Gasteiger partial charge >= 0.3 is 12.0 Å². The van der Waals surface area contributed by atoms with Crippen molar-refractivity contribution in [3.8, 4) is 0 Å². The molecule has 0 bridgehead atoms. The van der Waals surface area contributed by atoms with Crippen LogP contribution in [0.25, 0.3) is 0 Å². The number of amides is 2. The van der Waals surface area contributed by atoms with E-state index in [0.29, 0.717) is 19.6 Å². The molecule has 1 aliphatic rings. The minimum absolute atomic E-state index is 0.103. The average molecular weight is 266 g/mol. The Kier molecular flexibility index (Phi) is 3.46. The summed E-state index contributed by atoms with van der Waals surface area (Å²) in [5, 5.41) is 11.7. The predicted molar refractivity (Wildman–Crippen MR) is 67.5 cm³/mol. The Balaban J connectivity index is 1.90. The molecule has 1 aromatic heterocycles. The number of carbonyl (C=O) groups excluding carboxylic acids is 1. The van der Waals surface area contributed by atoms with Crippen LogP contribution in [0.5, 0.6) is 0 Å². The molecule has 1 aliphatic heterocycles. The van der Waals surface area contributed by atoms with Crippen LogP contribution in [0.4, 0.5) is 4.79 Å². The quantitative estimate of drug-likeness (QED) is 0.835. The second kappa shape index (κ2) is 4.91. The normalized spacial score (nSPS) is 14.9. The third-order valence-electron chi connectivity index (χ3n) is 3.29. The Hall–Kier alpha value is -2.05. The first kappa shape index (κ1) is 13.4. The summed E-state index contributed by atoms with van der Waals surface area (Å²) in [4.78, 5) is 28.8.